The molecule has 1 amide bonds. The van der Waals surface area contributed by atoms with Gasteiger partial charge in [-0.3, -0.25) is 0 Å². The van der Waals surface area contributed by atoms with Gasteiger partial charge in [0.2, 0.25) is 0 Å². The van der Waals surface area contributed by atoms with Crippen LogP contribution in [-0.2, 0) is 10.2 Å². The second-order valence-electron chi connectivity index (χ2n) is 7.06. The van der Waals surface area contributed by atoms with E-state index >= 15 is 0 Å². The van der Waals surface area contributed by atoms with Gasteiger partial charge in [-0.1, -0.05) is 11.6 Å². The second-order valence-corrected chi connectivity index (χ2v) is 7.50. The lowest BCUT2D eigenvalue weighted by Gasteiger charge is -2.27. The number of hydrogen-bond donors (Lipinski definition) is 2. The molecule has 2 fully saturated rings. The van der Waals surface area contributed by atoms with Crippen LogP contribution >= 0.6 is 11.6 Å². The molecule has 2 saturated carbocycles. The summed E-state index contributed by atoms with van der Waals surface area (Å²) in [6.45, 7) is 5.55. The number of halogens is 2. The van der Waals surface area contributed by atoms with Crippen molar-refractivity contribution in [3.05, 3.63) is 34.6 Å². The van der Waals surface area contributed by atoms with Crippen LogP contribution in [0.3, 0.4) is 0 Å². The Morgan fingerprint density at radius 2 is 2.09 bits per heavy atom. The third kappa shape index (κ3) is 2.46. The van der Waals surface area contributed by atoms with Crippen molar-refractivity contribution in [1.29, 1.82) is 0 Å². The molecule has 3 rings (SSSR count). The van der Waals surface area contributed by atoms with Crippen molar-refractivity contribution >= 4 is 17.7 Å². The average molecular weight is 328 g/mol. The molecular weight excluding hydrogens is 309 g/mol. The minimum atomic E-state index is -0.593. The predicted molar refractivity (Wildman–Crippen MR) is 80.3 cm³/mol. The number of aliphatic hydroxyl groups is 1. The van der Waals surface area contributed by atoms with E-state index in [1.165, 1.54) is 12.1 Å². The molecule has 2 N–H and O–H groups in total. The van der Waals surface area contributed by atoms with E-state index in [-0.39, 0.29) is 24.2 Å². The molecule has 0 saturated heterocycles. The molecule has 1 aromatic carbocycles. The first-order chi connectivity index (χ1) is 10.2. The number of amides is 1. The summed E-state index contributed by atoms with van der Waals surface area (Å²) in [6, 6.07) is 4.38. The first-order valence-electron chi connectivity index (χ1n) is 7.27. The molecule has 4 atom stereocenters. The molecule has 4 nitrogen and oxygen atoms in total. The van der Waals surface area contributed by atoms with Gasteiger partial charge in [-0.15, -0.1) is 0 Å². The highest BCUT2D eigenvalue weighted by molar-refractivity contribution is 6.30. The lowest BCUT2D eigenvalue weighted by molar-refractivity contribution is 0.0509. The van der Waals surface area contributed by atoms with Gasteiger partial charge in [-0.05, 0) is 44.5 Å². The first kappa shape index (κ1) is 15.6. The number of carbonyl (C=O) groups excluding carboxylic acids is 1. The fraction of sp³-hybridized carbons (Fsp3) is 0.562. The Kier molecular flexibility index (Phi) is 3.42. The molecule has 0 aliphatic heterocycles. The van der Waals surface area contributed by atoms with E-state index in [0.29, 0.717) is 10.6 Å². The number of hydrogen-bond acceptors (Lipinski definition) is 3. The lowest BCUT2D eigenvalue weighted by Crippen LogP contribution is -2.42. The van der Waals surface area contributed by atoms with E-state index in [0.717, 1.165) is 0 Å². The molecule has 2 unspecified atom stereocenters. The largest absolute Gasteiger partial charge is 0.444 e. The SMILES string of the molecule is CC(C)(C)OC(=O)NC[C@@]1(c2cc(Cl)ccc2F)C2C(O)[C@H]21. The van der Waals surface area contributed by atoms with Gasteiger partial charge >= 0.3 is 6.09 Å². The van der Waals surface area contributed by atoms with E-state index < -0.39 is 23.2 Å². The molecule has 6 heteroatoms. The van der Waals surface area contributed by atoms with Crippen LogP contribution in [0.1, 0.15) is 26.3 Å². The number of benzene rings is 1. The highest BCUT2D eigenvalue weighted by atomic mass is 35.5. The summed E-state index contributed by atoms with van der Waals surface area (Å²) in [5.74, 6) is -0.402. The van der Waals surface area contributed by atoms with Crippen molar-refractivity contribution in [3.8, 4) is 0 Å². The van der Waals surface area contributed by atoms with Crippen LogP contribution in [0.15, 0.2) is 18.2 Å². The quantitative estimate of drug-likeness (QED) is 0.897. The average Bonchev–Trinajstić information content (AvgIpc) is 3.26. The summed E-state index contributed by atoms with van der Waals surface area (Å²) in [4.78, 5) is 11.8. The van der Waals surface area contributed by atoms with Gasteiger partial charge in [0.15, 0.2) is 0 Å². The topological polar surface area (TPSA) is 58.6 Å². The van der Waals surface area contributed by atoms with Crippen LogP contribution in [0.25, 0.3) is 0 Å². The van der Waals surface area contributed by atoms with Crippen LogP contribution in [0.4, 0.5) is 9.18 Å². The Hall–Kier alpha value is -1.33. The van der Waals surface area contributed by atoms with Crippen molar-refractivity contribution in [2.45, 2.75) is 37.9 Å². The van der Waals surface area contributed by atoms with Gasteiger partial charge in [-0.25, -0.2) is 9.18 Å². The van der Waals surface area contributed by atoms with Crippen LogP contribution in [0, 0.1) is 17.7 Å². The van der Waals surface area contributed by atoms with Gasteiger partial charge in [0.25, 0.3) is 0 Å². The van der Waals surface area contributed by atoms with Gasteiger partial charge in [0, 0.05) is 28.8 Å². The molecule has 0 spiro atoms. The number of carbonyl (C=O) groups is 1. The molecule has 2 aliphatic carbocycles. The summed E-state index contributed by atoms with van der Waals surface area (Å²) in [5, 5.41) is 12.8. The zero-order valence-corrected chi connectivity index (χ0v) is 13.4. The maximum Gasteiger partial charge on any atom is 0.407 e. The standard InChI is InChI=1S/C16H19ClFNO3/c1-15(2,3)22-14(21)19-7-16(11-12(16)13(11)20)9-6-8(17)4-5-10(9)18/h4-6,11-13,20H,7H2,1-3H3,(H,19,21)/t11-,12?,13?,16-/m0/s1. The molecule has 0 radical (unpaired) electrons. The smallest absolute Gasteiger partial charge is 0.407 e. The fourth-order valence-electron chi connectivity index (χ4n) is 3.36. The monoisotopic (exact) mass is 327 g/mol. The lowest BCUT2D eigenvalue weighted by atomic mass is 9.84. The molecule has 120 valence electrons. The van der Waals surface area contributed by atoms with Gasteiger partial charge in [0.1, 0.15) is 11.4 Å². The highest BCUT2D eigenvalue weighted by Gasteiger charge is 2.84. The van der Waals surface area contributed by atoms with Crippen LogP contribution in [0.5, 0.6) is 0 Å². The molecule has 0 heterocycles. The van der Waals surface area contributed by atoms with Crippen molar-refractivity contribution < 1.29 is 19.0 Å². The number of fused-ring (bicyclic) bond motifs is 1. The third-order valence-corrected chi connectivity index (χ3v) is 4.65. The number of nitrogens with one attached hydrogen (secondary N) is 1. The molecule has 0 aromatic heterocycles. The van der Waals surface area contributed by atoms with E-state index in [4.69, 9.17) is 16.3 Å². The van der Waals surface area contributed by atoms with Crippen LogP contribution in [0.2, 0.25) is 5.02 Å². The van der Waals surface area contributed by atoms with Gasteiger partial charge < -0.3 is 15.2 Å². The van der Waals surface area contributed by atoms with Crippen molar-refractivity contribution in [2.24, 2.45) is 11.8 Å². The third-order valence-electron chi connectivity index (χ3n) is 4.42. The Bertz CT molecular complexity index is 618. The van der Waals surface area contributed by atoms with E-state index in [1.54, 1.807) is 26.8 Å². The fourth-order valence-corrected chi connectivity index (χ4v) is 3.53. The molecule has 0 bridgehead atoms. The highest BCUT2D eigenvalue weighted by Crippen LogP contribution is 2.77. The molecule has 22 heavy (non-hydrogen) atoms. The maximum absolute atomic E-state index is 14.1. The second kappa shape index (κ2) is 4.83. The van der Waals surface area contributed by atoms with Crippen molar-refractivity contribution in [1.82, 2.24) is 5.32 Å². The first-order valence-corrected chi connectivity index (χ1v) is 7.65. The van der Waals surface area contributed by atoms with Crippen molar-refractivity contribution in [3.63, 3.8) is 0 Å². The predicted octanol–water partition coefficient (Wildman–Crippen LogP) is 2.86. The van der Waals surface area contributed by atoms with Crippen LogP contribution in [-0.4, -0.2) is 29.4 Å². The molecule has 2 aliphatic rings. The number of alkyl carbamates (subject to hydrolysis) is 1. The van der Waals surface area contributed by atoms with E-state index in [2.05, 4.69) is 5.32 Å². The summed E-state index contributed by atoms with van der Waals surface area (Å²) in [5.41, 5.74) is -0.702. The number of ether oxygens (including phenoxy) is 1. The Morgan fingerprint density at radius 3 is 2.64 bits per heavy atom. The van der Waals surface area contributed by atoms with E-state index in [9.17, 15) is 14.3 Å². The molecule has 1 aromatic rings. The minimum Gasteiger partial charge on any atom is -0.444 e. The zero-order valence-electron chi connectivity index (χ0n) is 12.7. The summed E-state index contributed by atoms with van der Waals surface area (Å²) in [7, 11) is 0. The Morgan fingerprint density at radius 1 is 1.45 bits per heavy atom. The summed E-state index contributed by atoms with van der Waals surface area (Å²) < 4.78 is 19.3. The maximum atomic E-state index is 14.1. The Labute approximate surface area is 133 Å². The number of aliphatic hydroxyl groups excluding tert-OH is 1. The summed E-state index contributed by atoms with van der Waals surface area (Å²) in [6.07, 6.45) is -0.964. The normalized spacial score (nSPS) is 32.2. The van der Waals surface area contributed by atoms with Gasteiger partial charge in [-0.2, -0.15) is 0 Å². The minimum absolute atomic E-state index is 0.0181. The van der Waals surface area contributed by atoms with E-state index in [1.807, 2.05) is 0 Å². The summed E-state index contributed by atoms with van der Waals surface area (Å²) >= 11 is 5.96. The molecular formula is C16H19ClFNO3. The zero-order chi connectivity index (χ0) is 16.3. The Balaban J connectivity index is 1.75. The van der Waals surface area contributed by atoms with Gasteiger partial charge in [0.05, 0.1) is 6.10 Å². The number of rotatable bonds is 3. The van der Waals surface area contributed by atoms with Crippen molar-refractivity contribution in [2.75, 3.05) is 6.54 Å². The van der Waals surface area contributed by atoms with Crippen LogP contribution < -0.4 is 5.32 Å².